The van der Waals surface area contributed by atoms with Gasteiger partial charge in [-0.2, -0.15) is 0 Å². The Morgan fingerprint density at radius 3 is 1.74 bits per heavy atom. The van der Waals surface area contributed by atoms with E-state index in [9.17, 15) is 59.0 Å². The molecule has 53 heavy (non-hydrogen) atoms. The second-order valence-corrected chi connectivity index (χ2v) is 15.4. The van der Waals surface area contributed by atoms with E-state index in [0.29, 0.717) is 25.7 Å². The predicted molar refractivity (Wildman–Crippen MR) is 188 cm³/mol. The van der Waals surface area contributed by atoms with E-state index < -0.39 is 87.5 Å². The fourth-order valence-corrected chi connectivity index (χ4v) is 7.79. The van der Waals surface area contributed by atoms with Gasteiger partial charge in [0, 0.05) is 31.1 Å². The zero-order valence-corrected chi connectivity index (χ0v) is 30.5. The average Bonchev–Trinajstić information content (AvgIpc) is 3.06. The molecule has 2 unspecified atom stereocenters. The number of rotatable bonds is 23. The minimum Gasteiger partial charge on any atom is -0.480 e. The smallest absolute Gasteiger partial charge is 0.472 e. The molecule has 0 bridgehead atoms. The van der Waals surface area contributed by atoms with E-state index in [2.05, 4.69) is 5.32 Å². The molecule has 0 aromatic heterocycles. The summed E-state index contributed by atoms with van der Waals surface area (Å²) in [4.78, 5) is 71.2. The maximum atomic E-state index is 13.4. The molecule has 0 aliphatic heterocycles. The van der Waals surface area contributed by atoms with Crippen LogP contribution in [0.5, 0.6) is 0 Å². The third kappa shape index (κ3) is 13.6. The van der Waals surface area contributed by atoms with Crippen LogP contribution in [-0.2, 0) is 43.0 Å². The molecule has 2 aromatic rings. The molecule has 17 nitrogen and oxygen atoms in total. The quantitative estimate of drug-likeness (QED) is 0.0633. The molecule has 7 N–H and O–H groups in total. The number of nitrogens with one attached hydrogen (secondary N) is 1. The fraction of sp³-hybridized carbons (Fsp3) is 0.514. The third-order valence-corrected chi connectivity index (χ3v) is 10.1. The first-order valence-corrected chi connectivity index (χ1v) is 18.4. The van der Waals surface area contributed by atoms with Crippen molar-refractivity contribution in [2.75, 3.05) is 45.9 Å². The van der Waals surface area contributed by atoms with Gasteiger partial charge >= 0.3 is 37.7 Å². The summed E-state index contributed by atoms with van der Waals surface area (Å²) in [5.74, 6) is -7.45. The Morgan fingerprint density at radius 2 is 1.30 bits per heavy atom. The Bertz CT molecular complexity index is 1530. The summed E-state index contributed by atoms with van der Waals surface area (Å²) in [6.45, 7) is -0.603. The maximum Gasteiger partial charge on any atom is 0.472 e. The van der Waals surface area contributed by atoms with Crippen molar-refractivity contribution in [1.82, 2.24) is 15.1 Å². The second kappa shape index (κ2) is 19.2. The number of carboxylic acids is 5. The molecule has 2 atom stereocenters. The van der Waals surface area contributed by atoms with Gasteiger partial charge in [0.1, 0.15) is 0 Å². The lowest BCUT2D eigenvalue weighted by Gasteiger charge is -2.41. The molecule has 0 spiro atoms. The number of carbonyl (C=O) groups is 5. The Hall–Kier alpha value is -4.22. The lowest BCUT2D eigenvalue weighted by atomic mass is 9.65. The van der Waals surface area contributed by atoms with Crippen LogP contribution in [-0.4, -0.2) is 134 Å². The highest BCUT2D eigenvalue weighted by Gasteiger charge is 2.41. The van der Waals surface area contributed by atoms with Crippen LogP contribution in [0, 0.1) is 5.41 Å². The summed E-state index contributed by atoms with van der Waals surface area (Å²) in [5.41, 5.74) is 0.850. The molecule has 1 fully saturated rings. The zero-order chi connectivity index (χ0) is 39.4. The van der Waals surface area contributed by atoms with Crippen LogP contribution in [0.25, 0.3) is 0 Å². The topological polar surface area (TPSA) is 261 Å². The van der Waals surface area contributed by atoms with Gasteiger partial charge in [-0.1, -0.05) is 74.5 Å². The van der Waals surface area contributed by atoms with Gasteiger partial charge in [0.05, 0.1) is 32.3 Å². The SMILES string of the molecule is CC(C)(CNC(C(=O)O)C(=O)O)CN(CC(=O)O)CC(COP(=O)(O)OC1CCC(c2ccccc2)(c2ccccc2)CC1)N(CC(=O)O)CC(=O)O. The van der Waals surface area contributed by atoms with E-state index in [1.165, 1.54) is 4.90 Å². The molecular formula is C35H48N3O14P. The van der Waals surface area contributed by atoms with Crippen LogP contribution in [0.15, 0.2) is 60.7 Å². The minimum atomic E-state index is -4.84. The predicted octanol–water partition coefficient (Wildman–Crippen LogP) is 2.43. The summed E-state index contributed by atoms with van der Waals surface area (Å²) in [7, 11) is -4.84. The molecule has 0 radical (unpaired) electrons. The Kier molecular flexibility index (Phi) is 15.7. The van der Waals surface area contributed by atoms with Crippen molar-refractivity contribution in [3.63, 3.8) is 0 Å². The van der Waals surface area contributed by atoms with Crippen molar-refractivity contribution >= 4 is 37.7 Å². The first-order valence-electron chi connectivity index (χ1n) is 16.9. The largest absolute Gasteiger partial charge is 0.480 e. The number of phosphoric acid groups is 1. The Morgan fingerprint density at radius 1 is 0.830 bits per heavy atom. The number of nitrogens with zero attached hydrogens (tertiary/aromatic N) is 2. The van der Waals surface area contributed by atoms with Crippen LogP contribution in [0.2, 0.25) is 0 Å². The lowest BCUT2D eigenvalue weighted by molar-refractivity contribution is -0.151. The van der Waals surface area contributed by atoms with Crippen molar-refractivity contribution < 1.29 is 68.0 Å². The number of benzene rings is 2. The van der Waals surface area contributed by atoms with Gasteiger partial charge in [-0.3, -0.25) is 38.5 Å². The van der Waals surface area contributed by atoms with Gasteiger partial charge in [0.2, 0.25) is 6.04 Å². The summed E-state index contributed by atoms with van der Waals surface area (Å²) in [5, 5.41) is 49.6. The molecule has 0 saturated heterocycles. The van der Waals surface area contributed by atoms with Crippen LogP contribution >= 0.6 is 7.82 Å². The van der Waals surface area contributed by atoms with Gasteiger partial charge < -0.3 is 30.4 Å². The molecular weight excluding hydrogens is 717 g/mol. The van der Waals surface area contributed by atoms with E-state index >= 15 is 0 Å². The molecule has 18 heteroatoms. The number of hydrogen-bond donors (Lipinski definition) is 7. The lowest BCUT2D eigenvalue weighted by Crippen LogP contribution is -2.54. The highest BCUT2D eigenvalue weighted by Crippen LogP contribution is 2.51. The first kappa shape index (κ1) is 43.2. The highest BCUT2D eigenvalue weighted by molar-refractivity contribution is 7.47. The molecule has 2 aromatic carbocycles. The molecule has 0 heterocycles. The van der Waals surface area contributed by atoms with Crippen molar-refractivity contribution in [1.29, 1.82) is 0 Å². The molecule has 0 amide bonds. The molecule has 292 valence electrons. The summed E-state index contributed by atoms with van der Waals surface area (Å²) < 4.78 is 24.3. The van der Waals surface area contributed by atoms with Gasteiger partial charge in [0.25, 0.3) is 0 Å². The van der Waals surface area contributed by atoms with E-state index in [1.54, 1.807) is 13.8 Å². The van der Waals surface area contributed by atoms with E-state index in [-0.39, 0.29) is 25.0 Å². The summed E-state index contributed by atoms with van der Waals surface area (Å²) in [6, 6.07) is 16.6. The normalized spacial score (nSPS) is 16.6. The average molecular weight is 766 g/mol. The van der Waals surface area contributed by atoms with Crippen LogP contribution < -0.4 is 5.32 Å². The van der Waals surface area contributed by atoms with Crippen LogP contribution in [0.4, 0.5) is 0 Å². The zero-order valence-electron chi connectivity index (χ0n) is 29.6. The van der Waals surface area contributed by atoms with Gasteiger partial charge in [-0.15, -0.1) is 0 Å². The first-order chi connectivity index (χ1) is 24.8. The highest BCUT2D eigenvalue weighted by atomic mass is 31.2. The molecule has 3 rings (SSSR count). The Labute approximate surface area is 306 Å². The standard InChI is InChI=1S/C35H48N3O14P/c1-34(2,22-36-31(32(45)46)33(47)48)23-37(18-28(39)40)17-26(38(19-29(41)42)20-30(43)44)21-51-53(49,50)52-27-13-15-35(16-14-27,24-9-5-3-6-10-24)25-11-7-4-8-12-25/h3-12,26-27,31,36H,13-23H2,1-2H3,(H,39,40)(H,41,42)(H,43,44)(H,45,46)(H,47,48)(H,49,50). The Balaban J connectivity index is 1.78. The van der Waals surface area contributed by atoms with Crippen molar-refractivity contribution in [3.05, 3.63) is 71.8 Å². The molecule has 1 aliphatic rings. The monoisotopic (exact) mass is 765 g/mol. The van der Waals surface area contributed by atoms with Crippen LogP contribution in [0.1, 0.15) is 50.7 Å². The van der Waals surface area contributed by atoms with Crippen molar-refractivity contribution in [2.45, 2.75) is 63.1 Å². The minimum absolute atomic E-state index is 0.136. The number of phosphoric ester groups is 1. The van der Waals surface area contributed by atoms with E-state index in [0.717, 1.165) is 16.0 Å². The van der Waals surface area contributed by atoms with Crippen molar-refractivity contribution in [2.24, 2.45) is 5.41 Å². The second-order valence-electron chi connectivity index (χ2n) is 13.9. The van der Waals surface area contributed by atoms with E-state index in [1.807, 2.05) is 60.7 Å². The maximum absolute atomic E-state index is 13.4. The number of carboxylic acid groups (broad SMARTS) is 5. The van der Waals surface area contributed by atoms with Gasteiger partial charge in [-0.05, 0) is 42.2 Å². The van der Waals surface area contributed by atoms with Gasteiger partial charge in [0.15, 0.2) is 0 Å². The molecule has 1 aliphatic carbocycles. The third-order valence-electron chi connectivity index (χ3n) is 9.10. The fourth-order valence-electron chi connectivity index (χ4n) is 6.78. The number of hydrogen-bond acceptors (Lipinski definition) is 11. The number of aliphatic carboxylic acids is 5. The van der Waals surface area contributed by atoms with Crippen molar-refractivity contribution in [3.8, 4) is 0 Å². The van der Waals surface area contributed by atoms with Gasteiger partial charge in [-0.25, -0.2) is 14.2 Å². The summed E-state index contributed by atoms with van der Waals surface area (Å²) >= 11 is 0. The molecule has 1 saturated carbocycles. The van der Waals surface area contributed by atoms with Crippen LogP contribution in [0.3, 0.4) is 0 Å². The summed E-state index contributed by atoms with van der Waals surface area (Å²) in [6.07, 6.45) is 1.29. The van der Waals surface area contributed by atoms with E-state index in [4.69, 9.17) is 9.05 Å².